The van der Waals surface area contributed by atoms with Crippen molar-refractivity contribution in [3.63, 3.8) is 0 Å². The number of aromatic nitrogens is 1. The Kier molecular flexibility index (Phi) is 3.38. The number of benzene rings is 1. The average Bonchev–Trinajstić information content (AvgIpc) is 3.13. The summed E-state index contributed by atoms with van der Waals surface area (Å²) in [7, 11) is 0. The van der Waals surface area contributed by atoms with Crippen LogP contribution in [0.4, 0.5) is 0 Å². The summed E-state index contributed by atoms with van der Waals surface area (Å²) in [6.45, 7) is 1.76. The standard InChI is InChI=1S/C18H16ClNO3/c1-9-15(14-16(21)11-2-3-12(8-11)17(14)22)20-18(23-9)10-4-6-13(19)7-5-10/h4-7,11-12,14H,2-3,8H2,1H3. The number of nitrogens with zero attached hydrogens (tertiary/aromatic N) is 1. The number of carbonyl (C=O) groups excluding carboxylic acids is 2. The molecule has 2 bridgehead atoms. The SMILES string of the molecule is Cc1oc(-c2ccc(Cl)cc2)nc1C1C(=O)C2CCC(C2)C1=O. The van der Waals surface area contributed by atoms with Crippen LogP contribution in [0.5, 0.6) is 0 Å². The van der Waals surface area contributed by atoms with E-state index in [0.717, 1.165) is 24.8 Å². The Hall–Kier alpha value is -1.94. The lowest BCUT2D eigenvalue weighted by Crippen LogP contribution is -2.35. The van der Waals surface area contributed by atoms with Gasteiger partial charge in [-0.05, 0) is 50.5 Å². The molecule has 2 fully saturated rings. The molecule has 2 aliphatic rings. The number of Topliss-reactive ketones (excluding diaryl/α,β-unsaturated/α-hetero) is 2. The lowest BCUT2D eigenvalue weighted by atomic mass is 9.77. The molecule has 2 aromatic rings. The van der Waals surface area contributed by atoms with Gasteiger partial charge in [-0.1, -0.05) is 11.6 Å². The molecule has 0 N–H and O–H groups in total. The maximum Gasteiger partial charge on any atom is 0.226 e. The van der Waals surface area contributed by atoms with Crippen LogP contribution >= 0.6 is 11.6 Å². The highest BCUT2D eigenvalue weighted by atomic mass is 35.5. The third-order valence-electron chi connectivity index (χ3n) is 5.00. The first-order chi connectivity index (χ1) is 11.0. The smallest absolute Gasteiger partial charge is 0.226 e. The van der Waals surface area contributed by atoms with E-state index in [-0.39, 0.29) is 23.4 Å². The fraction of sp³-hybridized carbons (Fsp3) is 0.389. The summed E-state index contributed by atoms with van der Waals surface area (Å²) in [6.07, 6.45) is 2.37. The van der Waals surface area contributed by atoms with Gasteiger partial charge in [0.2, 0.25) is 5.89 Å². The van der Waals surface area contributed by atoms with Crippen molar-refractivity contribution < 1.29 is 14.0 Å². The first-order valence-electron chi connectivity index (χ1n) is 7.85. The third-order valence-corrected chi connectivity index (χ3v) is 5.26. The van der Waals surface area contributed by atoms with Crippen molar-refractivity contribution in [2.75, 3.05) is 0 Å². The minimum absolute atomic E-state index is 0.0118. The highest BCUT2D eigenvalue weighted by Gasteiger charge is 2.49. The second kappa shape index (κ2) is 5.31. The Morgan fingerprint density at radius 3 is 2.30 bits per heavy atom. The molecule has 23 heavy (non-hydrogen) atoms. The van der Waals surface area contributed by atoms with Gasteiger partial charge in [0, 0.05) is 22.4 Å². The highest BCUT2D eigenvalue weighted by Crippen LogP contribution is 2.44. The minimum Gasteiger partial charge on any atom is -0.441 e. The van der Waals surface area contributed by atoms with Crippen LogP contribution in [0.2, 0.25) is 5.02 Å². The third kappa shape index (κ3) is 2.32. The zero-order valence-electron chi connectivity index (χ0n) is 12.7. The van der Waals surface area contributed by atoms with Crippen LogP contribution in [-0.2, 0) is 9.59 Å². The van der Waals surface area contributed by atoms with Crippen LogP contribution in [0, 0.1) is 18.8 Å². The van der Waals surface area contributed by atoms with E-state index in [1.54, 1.807) is 19.1 Å². The molecule has 0 spiro atoms. The van der Waals surface area contributed by atoms with Crippen molar-refractivity contribution in [3.8, 4) is 11.5 Å². The van der Waals surface area contributed by atoms with Crippen molar-refractivity contribution in [2.45, 2.75) is 32.1 Å². The minimum atomic E-state index is -0.744. The van der Waals surface area contributed by atoms with Gasteiger partial charge in [-0.15, -0.1) is 0 Å². The molecule has 118 valence electrons. The molecular weight excluding hydrogens is 314 g/mol. The van der Waals surface area contributed by atoms with E-state index in [4.69, 9.17) is 16.0 Å². The topological polar surface area (TPSA) is 60.2 Å². The van der Waals surface area contributed by atoms with E-state index in [0.29, 0.717) is 22.4 Å². The zero-order chi connectivity index (χ0) is 16.1. The Labute approximate surface area is 138 Å². The summed E-state index contributed by atoms with van der Waals surface area (Å²) < 4.78 is 5.72. The van der Waals surface area contributed by atoms with Crippen molar-refractivity contribution in [1.29, 1.82) is 0 Å². The number of aryl methyl sites for hydroxylation is 1. The molecule has 2 unspecified atom stereocenters. The molecule has 0 aliphatic heterocycles. The van der Waals surface area contributed by atoms with E-state index in [2.05, 4.69) is 4.98 Å². The fourth-order valence-corrected chi connectivity index (χ4v) is 3.90. The maximum absolute atomic E-state index is 12.6. The number of fused-ring (bicyclic) bond motifs is 2. The van der Waals surface area contributed by atoms with Crippen LogP contribution in [0.3, 0.4) is 0 Å². The van der Waals surface area contributed by atoms with Crippen LogP contribution in [0.1, 0.15) is 36.6 Å². The molecule has 5 heteroatoms. The first kappa shape index (κ1) is 14.6. The predicted molar refractivity (Wildman–Crippen MR) is 85.3 cm³/mol. The summed E-state index contributed by atoms with van der Waals surface area (Å²) >= 11 is 5.89. The Morgan fingerprint density at radius 2 is 1.70 bits per heavy atom. The van der Waals surface area contributed by atoms with Gasteiger partial charge in [-0.2, -0.15) is 0 Å². The maximum atomic E-state index is 12.6. The number of carbonyl (C=O) groups is 2. The predicted octanol–water partition coefficient (Wildman–Crippen LogP) is 3.96. The number of hydrogen-bond acceptors (Lipinski definition) is 4. The normalized spacial score (nSPS) is 26.8. The number of halogens is 1. The van der Waals surface area contributed by atoms with E-state index in [9.17, 15) is 9.59 Å². The molecule has 2 atom stereocenters. The van der Waals surface area contributed by atoms with Crippen LogP contribution in [-0.4, -0.2) is 16.6 Å². The molecular formula is C18H16ClNO3. The molecule has 1 aromatic heterocycles. The highest BCUT2D eigenvalue weighted by molar-refractivity contribution is 6.30. The number of ketones is 2. The second-order valence-corrected chi connectivity index (χ2v) is 6.85. The van der Waals surface area contributed by atoms with E-state index >= 15 is 0 Å². The van der Waals surface area contributed by atoms with Gasteiger partial charge < -0.3 is 4.42 Å². The Balaban J connectivity index is 1.73. The van der Waals surface area contributed by atoms with Crippen molar-refractivity contribution in [3.05, 3.63) is 40.7 Å². The molecule has 1 aromatic carbocycles. The molecule has 4 rings (SSSR count). The van der Waals surface area contributed by atoms with Gasteiger partial charge in [0.1, 0.15) is 17.4 Å². The van der Waals surface area contributed by atoms with Crippen molar-refractivity contribution >= 4 is 23.2 Å². The summed E-state index contributed by atoms with van der Waals surface area (Å²) in [5.41, 5.74) is 1.27. The monoisotopic (exact) mass is 329 g/mol. The van der Waals surface area contributed by atoms with Gasteiger partial charge >= 0.3 is 0 Å². The molecule has 2 aliphatic carbocycles. The van der Waals surface area contributed by atoms with Crippen molar-refractivity contribution in [2.24, 2.45) is 11.8 Å². The molecule has 4 nitrogen and oxygen atoms in total. The summed E-state index contributed by atoms with van der Waals surface area (Å²) in [5.74, 6) is 0.280. The van der Waals surface area contributed by atoms with Gasteiger partial charge in [0.05, 0.1) is 0 Å². The van der Waals surface area contributed by atoms with Gasteiger partial charge in [-0.25, -0.2) is 4.98 Å². The zero-order valence-corrected chi connectivity index (χ0v) is 13.5. The second-order valence-electron chi connectivity index (χ2n) is 6.41. The molecule has 0 radical (unpaired) electrons. The number of hydrogen-bond donors (Lipinski definition) is 0. The largest absolute Gasteiger partial charge is 0.441 e. The van der Waals surface area contributed by atoms with Gasteiger partial charge in [0.15, 0.2) is 11.6 Å². The average molecular weight is 330 g/mol. The van der Waals surface area contributed by atoms with Crippen LogP contribution < -0.4 is 0 Å². The Morgan fingerprint density at radius 1 is 1.09 bits per heavy atom. The summed E-state index contributed by atoms with van der Waals surface area (Å²) in [5, 5.41) is 0.631. The Bertz CT molecular complexity index is 771. The molecule has 0 saturated heterocycles. The van der Waals surface area contributed by atoms with E-state index in [1.165, 1.54) is 0 Å². The molecule has 1 heterocycles. The summed E-state index contributed by atoms with van der Waals surface area (Å²) in [4.78, 5) is 29.7. The molecule has 0 amide bonds. The van der Waals surface area contributed by atoms with E-state index in [1.807, 2.05) is 12.1 Å². The quantitative estimate of drug-likeness (QED) is 0.782. The van der Waals surface area contributed by atoms with Crippen LogP contribution in [0.15, 0.2) is 28.7 Å². The van der Waals surface area contributed by atoms with Crippen LogP contribution in [0.25, 0.3) is 11.5 Å². The molecule has 2 saturated carbocycles. The fourth-order valence-electron chi connectivity index (χ4n) is 3.77. The van der Waals surface area contributed by atoms with E-state index < -0.39 is 5.92 Å². The number of rotatable bonds is 2. The summed E-state index contributed by atoms with van der Waals surface area (Å²) in [6, 6.07) is 7.14. The van der Waals surface area contributed by atoms with Crippen molar-refractivity contribution in [1.82, 2.24) is 4.98 Å². The van der Waals surface area contributed by atoms with Gasteiger partial charge in [-0.3, -0.25) is 9.59 Å². The number of oxazole rings is 1. The van der Waals surface area contributed by atoms with Gasteiger partial charge in [0.25, 0.3) is 0 Å². The first-order valence-corrected chi connectivity index (χ1v) is 8.23. The lowest BCUT2D eigenvalue weighted by Gasteiger charge is -2.24. The lowest BCUT2D eigenvalue weighted by molar-refractivity contribution is -0.136.